The van der Waals surface area contributed by atoms with Crippen LogP contribution in [0.2, 0.25) is 0 Å². The molecule has 0 radical (unpaired) electrons. The average molecular weight is 354 g/mol. The molecule has 1 heterocycles. The number of benzene rings is 2. The minimum absolute atomic E-state index is 0.00752. The molecule has 130 valence electrons. The zero-order chi connectivity index (χ0) is 18.8. The SMILES string of the molecule is O=C1N=c2cc([N+](=O)[O-])cc(CNc3cccc(C(=O)O)c3)c2=NC1=O. The van der Waals surface area contributed by atoms with Crippen molar-refractivity contribution in [2.75, 3.05) is 5.32 Å². The van der Waals surface area contributed by atoms with Crippen LogP contribution in [0.1, 0.15) is 15.9 Å². The van der Waals surface area contributed by atoms with E-state index in [1.165, 1.54) is 24.3 Å². The summed E-state index contributed by atoms with van der Waals surface area (Å²) in [5.41, 5.74) is 0.498. The van der Waals surface area contributed by atoms with Gasteiger partial charge in [0.2, 0.25) is 0 Å². The molecule has 2 N–H and O–H groups in total. The van der Waals surface area contributed by atoms with E-state index in [1.54, 1.807) is 6.07 Å². The number of hydrogen-bond donors (Lipinski definition) is 2. The first kappa shape index (κ1) is 16.9. The van der Waals surface area contributed by atoms with Crippen molar-refractivity contribution in [3.8, 4) is 0 Å². The molecular weight excluding hydrogens is 344 g/mol. The van der Waals surface area contributed by atoms with Crippen molar-refractivity contribution in [1.29, 1.82) is 0 Å². The number of carboxylic acids is 1. The molecule has 0 saturated carbocycles. The number of non-ortho nitro benzene ring substituents is 1. The highest BCUT2D eigenvalue weighted by Gasteiger charge is 2.20. The lowest BCUT2D eigenvalue weighted by molar-refractivity contribution is -0.385. The van der Waals surface area contributed by atoms with Gasteiger partial charge in [0.15, 0.2) is 0 Å². The van der Waals surface area contributed by atoms with Gasteiger partial charge in [-0.05, 0) is 18.2 Å². The molecule has 2 aromatic rings. The topological polar surface area (TPSA) is 151 Å². The second-order valence-corrected chi connectivity index (χ2v) is 5.30. The van der Waals surface area contributed by atoms with Crippen LogP contribution >= 0.6 is 0 Å². The quantitative estimate of drug-likeness (QED) is 0.442. The Balaban J connectivity index is 2.02. The number of anilines is 1. The fraction of sp³-hybridized carbons (Fsp3) is 0.0625. The molecule has 26 heavy (non-hydrogen) atoms. The molecule has 1 aliphatic rings. The number of amides is 2. The van der Waals surface area contributed by atoms with Crippen molar-refractivity contribution >= 4 is 29.2 Å². The standard InChI is InChI=1S/C16H10N4O6/c21-14-15(22)19-13-9(5-11(20(25)26)6-12(13)18-14)7-17-10-3-1-2-8(4-10)16(23)24/h1-6,17H,7H2,(H,23,24). The minimum atomic E-state index is -1.10. The lowest BCUT2D eigenvalue weighted by Gasteiger charge is -2.09. The minimum Gasteiger partial charge on any atom is -0.478 e. The molecule has 0 unspecified atom stereocenters. The first-order valence-electron chi connectivity index (χ1n) is 7.25. The predicted octanol–water partition coefficient (Wildman–Crippen LogP) is 0.211. The van der Waals surface area contributed by atoms with E-state index >= 15 is 0 Å². The highest BCUT2D eigenvalue weighted by molar-refractivity contribution is 6.36. The van der Waals surface area contributed by atoms with Crippen molar-refractivity contribution in [2.45, 2.75) is 6.54 Å². The number of nitro benzene ring substituents is 1. The fourth-order valence-electron chi connectivity index (χ4n) is 2.38. The van der Waals surface area contributed by atoms with E-state index < -0.39 is 22.7 Å². The molecule has 0 aromatic heterocycles. The lowest BCUT2D eigenvalue weighted by Crippen LogP contribution is -2.37. The van der Waals surface area contributed by atoms with Crippen LogP contribution in [0.5, 0.6) is 0 Å². The van der Waals surface area contributed by atoms with E-state index in [2.05, 4.69) is 15.3 Å². The molecule has 10 nitrogen and oxygen atoms in total. The molecule has 0 bridgehead atoms. The van der Waals surface area contributed by atoms with Crippen LogP contribution in [0.4, 0.5) is 11.4 Å². The van der Waals surface area contributed by atoms with Crippen molar-refractivity contribution < 1.29 is 24.4 Å². The van der Waals surface area contributed by atoms with Crippen LogP contribution in [0, 0.1) is 10.1 Å². The van der Waals surface area contributed by atoms with E-state index in [0.717, 1.165) is 6.07 Å². The molecule has 0 atom stereocenters. The van der Waals surface area contributed by atoms with Gasteiger partial charge in [0.1, 0.15) is 5.36 Å². The highest BCUT2D eigenvalue weighted by Crippen LogP contribution is 2.13. The molecular formula is C16H10N4O6. The summed E-state index contributed by atoms with van der Waals surface area (Å²) in [4.78, 5) is 51.5. The van der Waals surface area contributed by atoms with Crippen LogP contribution in [0.15, 0.2) is 46.4 Å². The molecule has 3 rings (SSSR count). The zero-order valence-electron chi connectivity index (χ0n) is 13.0. The smallest absolute Gasteiger partial charge is 0.338 e. The van der Waals surface area contributed by atoms with Crippen molar-refractivity contribution in [3.05, 3.63) is 68.4 Å². The Bertz CT molecular complexity index is 1090. The summed E-state index contributed by atoms with van der Waals surface area (Å²) in [5.74, 6) is -3.24. The van der Waals surface area contributed by atoms with Gasteiger partial charge in [0.05, 0.1) is 15.8 Å². The summed E-state index contributed by atoms with van der Waals surface area (Å²) in [6.45, 7) is 0.00752. The number of nitrogens with zero attached hydrogens (tertiary/aromatic N) is 3. The number of hydrogen-bond acceptors (Lipinski definition) is 6. The molecule has 2 amide bonds. The van der Waals surface area contributed by atoms with Crippen LogP contribution in [0.3, 0.4) is 0 Å². The zero-order valence-corrected chi connectivity index (χ0v) is 13.0. The van der Waals surface area contributed by atoms with Crippen molar-refractivity contribution in [2.24, 2.45) is 9.98 Å². The third-order valence-electron chi connectivity index (χ3n) is 3.58. The molecule has 0 fully saturated rings. The van der Waals surface area contributed by atoms with Crippen molar-refractivity contribution in [3.63, 3.8) is 0 Å². The number of aromatic carboxylic acids is 1. The molecule has 10 heteroatoms. The number of fused-ring (bicyclic) bond motifs is 1. The largest absolute Gasteiger partial charge is 0.478 e. The predicted molar refractivity (Wildman–Crippen MR) is 86.2 cm³/mol. The number of nitro groups is 1. The fourth-order valence-corrected chi connectivity index (χ4v) is 2.38. The van der Waals surface area contributed by atoms with Gasteiger partial charge in [-0.1, -0.05) is 6.07 Å². The van der Waals surface area contributed by atoms with Gasteiger partial charge in [0, 0.05) is 29.9 Å². The highest BCUT2D eigenvalue weighted by atomic mass is 16.6. The summed E-state index contributed by atoms with van der Waals surface area (Å²) >= 11 is 0. The van der Waals surface area contributed by atoms with Gasteiger partial charge >= 0.3 is 17.8 Å². The van der Waals surface area contributed by atoms with Gasteiger partial charge in [0.25, 0.3) is 5.69 Å². The summed E-state index contributed by atoms with van der Waals surface area (Å²) in [6, 6.07) is 8.25. The Hall–Kier alpha value is -3.95. The maximum absolute atomic E-state index is 11.5. The second kappa shape index (κ2) is 6.51. The first-order chi connectivity index (χ1) is 12.3. The van der Waals surface area contributed by atoms with E-state index in [-0.39, 0.29) is 34.1 Å². The second-order valence-electron chi connectivity index (χ2n) is 5.30. The maximum atomic E-state index is 11.5. The molecule has 2 aromatic carbocycles. The van der Waals surface area contributed by atoms with Crippen LogP contribution in [0.25, 0.3) is 0 Å². The van der Waals surface area contributed by atoms with Gasteiger partial charge < -0.3 is 10.4 Å². The average Bonchev–Trinajstić information content (AvgIpc) is 2.60. The Kier molecular flexibility index (Phi) is 4.23. The maximum Gasteiger partial charge on any atom is 0.338 e. The van der Waals surface area contributed by atoms with E-state index in [4.69, 9.17) is 5.11 Å². The van der Waals surface area contributed by atoms with E-state index in [0.29, 0.717) is 5.69 Å². The molecule has 1 aliphatic heterocycles. The number of nitrogens with one attached hydrogen (secondary N) is 1. The summed E-state index contributed by atoms with van der Waals surface area (Å²) < 4.78 is 0. The number of carbonyl (C=O) groups is 3. The lowest BCUT2D eigenvalue weighted by atomic mass is 10.1. The first-order valence-corrected chi connectivity index (χ1v) is 7.25. The molecule has 0 saturated heterocycles. The van der Waals surface area contributed by atoms with Gasteiger partial charge in [-0.2, -0.15) is 0 Å². The normalized spacial score (nSPS) is 12.6. The summed E-state index contributed by atoms with van der Waals surface area (Å²) in [7, 11) is 0. The van der Waals surface area contributed by atoms with Crippen LogP contribution in [-0.4, -0.2) is 27.8 Å². The Morgan fingerprint density at radius 3 is 2.58 bits per heavy atom. The third-order valence-corrected chi connectivity index (χ3v) is 3.58. The van der Waals surface area contributed by atoms with E-state index in [9.17, 15) is 24.5 Å². The van der Waals surface area contributed by atoms with Crippen molar-refractivity contribution in [1.82, 2.24) is 0 Å². The molecule has 0 spiro atoms. The number of carbonyl (C=O) groups excluding carboxylic acids is 2. The Morgan fingerprint density at radius 2 is 1.88 bits per heavy atom. The van der Waals surface area contributed by atoms with Gasteiger partial charge in [-0.3, -0.25) is 19.7 Å². The number of rotatable bonds is 5. The number of carboxylic acid groups (broad SMARTS) is 1. The Morgan fingerprint density at radius 1 is 1.15 bits per heavy atom. The van der Waals surface area contributed by atoms with E-state index in [1.807, 2.05) is 0 Å². The summed E-state index contributed by atoms with van der Waals surface area (Å²) in [5, 5.41) is 23.0. The monoisotopic (exact) mass is 354 g/mol. The van der Waals surface area contributed by atoms with Crippen LogP contribution < -0.4 is 16.0 Å². The van der Waals surface area contributed by atoms with Crippen LogP contribution in [-0.2, 0) is 16.1 Å². The summed E-state index contributed by atoms with van der Waals surface area (Å²) in [6.07, 6.45) is 0. The third kappa shape index (κ3) is 3.29. The van der Waals surface area contributed by atoms with Gasteiger partial charge in [-0.15, -0.1) is 0 Å². The Labute approximate surface area is 144 Å². The van der Waals surface area contributed by atoms with Gasteiger partial charge in [-0.25, -0.2) is 14.8 Å². The molecule has 0 aliphatic carbocycles.